The summed E-state index contributed by atoms with van der Waals surface area (Å²) in [4.78, 5) is 4.34. The first kappa shape index (κ1) is 12.0. The topological polar surface area (TPSA) is 49.8 Å². The van der Waals surface area contributed by atoms with Crippen molar-refractivity contribution in [2.45, 2.75) is 13.8 Å². The number of aromatic nitrogens is 1. The zero-order valence-electron chi connectivity index (χ0n) is 10.7. The average molecular weight is 250 g/mol. The molecule has 0 spiro atoms. The van der Waals surface area contributed by atoms with Gasteiger partial charge in [0.2, 0.25) is 0 Å². The van der Waals surface area contributed by atoms with Crippen LogP contribution in [0.5, 0.6) is 5.75 Å². The Morgan fingerprint density at radius 1 is 1.28 bits per heavy atom. The molecule has 2 bridgehead atoms. The molecule has 0 unspecified atom stereocenters. The molecule has 1 aromatic heterocycles. The quantitative estimate of drug-likeness (QED) is 0.739. The summed E-state index contributed by atoms with van der Waals surface area (Å²) in [6.07, 6.45) is 1.67. The second kappa shape index (κ2) is 4.22. The molecule has 0 radical (unpaired) electrons. The van der Waals surface area contributed by atoms with E-state index in [-0.39, 0.29) is 5.41 Å². The van der Waals surface area contributed by atoms with Crippen molar-refractivity contribution in [1.82, 2.24) is 4.98 Å². The summed E-state index contributed by atoms with van der Waals surface area (Å²) in [6, 6.07) is 3.71. The minimum Gasteiger partial charge on any atom is -0.539 e. The summed E-state index contributed by atoms with van der Waals surface area (Å²) in [5.74, 6) is 0.741. The van der Waals surface area contributed by atoms with Gasteiger partial charge in [0.25, 0.3) is 0 Å². The van der Waals surface area contributed by atoms with Crippen molar-refractivity contribution < 1.29 is 18.7 Å². The Morgan fingerprint density at radius 3 is 2.44 bits per heavy atom. The highest BCUT2D eigenvalue weighted by Gasteiger charge is 2.47. The molecular formula is C12H17BNO4-. The molecule has 0 aromatic carbocycles. The largest absolute Gasteiger partial charge is 0.539 e. The van der Waals surface area contributed by atoms with Crippen molar-refractivity contribution in [2.24, 2.45) is 5.41 Å². The molecule has 0 N–H and O–H groups in total. The lowest BCUT2D eigenvalue weighted by Crippen LogP contribution is -2.69. The van der Waals surface area contributed by atoms with Crippen LogP contribution in [-0.2, 0) is 14.0 Å². The van der Waals surface area contributed by atoms with Gasteiger partial charge in [-0.15, -0.1) is 0 Å². The third kappa shape index (κ3) is 1.90. The molecule has 5 nitrogen and oxygen atoms in total. The van der Waals surface area contributed by atoms with Crippen molar-refractivity contribution in [3.05, 3.63) is 18.3 Å². The molecule has 4 heterocycles. The van der Waals surface area contributed by atoms with Crippen LogP contribution >= 0.6 is 0 Å². The zero-order valence-corrected chi connectivity index (χ0v) is 10.7. The molecule has 3 saturated heterocycles. The van der Waals surface area contributed by atoms with Gasteiger partial charge < -0.3 is 18.7 Å². The van der Waals surface area contributed by atoms with Gasteiger partial charge in [-0.05, 0) is 18.6 Å². The van der Waals surface area contributed by atoms with Gasteiger partial charge in [-0.25, -0.2) is 0 Å². The average Bonchev–Trinajstić information content (AvgIpc) is 2.41. The van der Waals surface area contributed by atoms with E-state index in [0.29, 0.717) is 32.0 Å². The number of pyridine rings is 1. The monoisotopic (exact) mass is 250 g/mol. The summed E-state index contributed by atoms with van der Waals surface area (Å²) < 4.78 is 22.7. The second-order valence-corrected chi connectivity index (χ2v) is 5.24. The number of hydrogen-bond acceptors (Lipinski definition) is 5. The van der Waals surface area contributed by atoms with Crippen LogP contribution in [0, 0.1) is 5.41 Å². The molecule has 4 rings (SSSR count). The molecule has 0 amide bonds. The van der Waals surface area contributed by atoms with Gasteiger partial charge in [0.1, 0.15) is 5.75 Å². The number of hydrogen-bond donors (Lipinski definition) is 0. The molecule has 0 atom stereocenters. The summed E-state index contributed by atoms with van der Waals surface area (Å²) in [5, 5.41) is 0. The van der Waals surface area contributed by atoms with E-state index in [4.69, 9.17) is 18.7 Å². The van der Waals surface area contributed by atoms with Crippen LogP contribution in [0.15, 0.2) is 18.3 Å². The predicted molar refractivity (Wildman–Crippen MR) is 66.8 cm³/mol. The fourth-order valence-electron chi connectivity index (χ4n) is 2.31. The fraction of sp³-hybridized carbons (Fsp3) is 0.583. The summed E-state index contributed by atoms with van der Waals surface area (Å²) in [5.41, 5.74) is 0.676. The molecule has 18 heavy (non-hydrogen) atoms. The van der Waals surface area contributed by atoms with E-state index in [1.807, 2.05) is 19.1 Å². The van der Waals surface area contributed by atoms with Crippen molar-refractivity contribution in [1.29, 1.82) is 0 Å². The van der Waals surface area contributed by atoms with Gasteiger partial charge in [-0.1, -0.05) is 13.0 Å². The van der Waals surface area contributed by atoms with Crippen molar-refractivity contribution in [2.75, 3.05) is 26.4 Å². The van der Waals surface area contributed by atoms with E-state index in [2.05, 4.69) is 11.9 Å². The molecular weight excluding hydrogens is 233 g/mol. The van der Waals surface area contributed by atoms with Gasteiger partial charge in [0.05, 0.1) is 12.8 Å². The molecule has 0 saturated carbocycles. The van der Waals surface area contributed by atoms with Crippen LogP contribution in [0.2, 0.25) is 0 Å². The molecule has 6 heteroatoms. The normalized spacial score (nSPS) is 34.6. The number of nitrogens with zero attached hydrogens (tertiary/aromatic N) is 1. The van der Waals surface area contributed by atoms with Gasteiger partial charge in [0.15, 0.2) is 0 Å². The Morgan fingerprint density at radius 2 is 1.94 bits per heavy atom. The van der Waals surface area contributed by atoms with Gasteiger partial charge in [-0.2, -0.15) is 0 Å². The van der Waals surface area contributed by atoms with Crippen LogP contribution in [0.3, 0.4) is 0 Å². The highest BCUT2D eigenvalue weighted by atomic mass is 16.8. The lowest BCUT2D eigenvalue weighted by atomic mass is 9.67. The van der Waals surface area contributed by atoms with Crippen LogP contribution in [0.1, 0.15) is 13.8 Å². The van der Waals surface area contributed by atoms with E-state index in [9.17, 15) is 0 Å². The van der Waals surface area contributed by atoms with Gasteiger partial charge in [-0.3, -0.25) is 4.98 Å². The smallest absolute Gasteiger partial charge is 0.427 e. The lowest BCUT2D eigenvalue weighted by molar-refractivity contribution is -0.119. The SMILES string of the molecule is CCOc1ccc([B-]23OCC(C)(CO2)CO3)nc1. The molecule has 3 fully saturated rings. The first-order valence-corrected chi connectivity index (χ1v) is 6.30. The van der Waals surface area contributed by atoms with E-state index in [1.54, 1.807) is 6.20 Å². The van der Waals surface area contributed by atoms with Crippen LogP contribution in [0.4, 0.5) is 0 Å². The predicted octanol–water partition coefficient (Wildman–Crippen LogP) is 0.709. The van der Waals surface area contributed by atoms with E-state index in [0.717, 1.165) is 5.75 Å². The van der Waals surface area contributed by atoms with Crippen molar-refractivity contribution >= 4 is 12.3 Å². The van der Waals surface area contributed by atoms with Crippen LogP contribution in [0.25, 0.3) is 0 Å². The maximum absolute atomic E-state index is 5.77. The minimum atomic E-state index is -1.84. The van der Waals surface area contributed by atoms with Crippen molar-refractivity contribution in [3.63, 3.8) is 0 Å². The molecule has 1 aromatic rings. The zero-order chi connectivity index (χ0) is 12.6. The minimum absolute atomic E-state index is 0.0191. The van der Waals surface area contributed by atoms with Crippen LogP contribution in [-0.4, -0.2) is 38.2 Å². The van der Waals surface area contributed by atoms with E-state index in [1.165, 1.54) is 0 Å². The lowest BCUT2D eigenvalue weighted by Gasteiger charge is -2.57. The highest BCUT2D eigenvalue weighted by Crippen LogP contribution is 2.34. The number of fused-ring (bicyclic) bond motifs is 3. The molecule has 3 aliphatic rings. The Balaban J connectivity index is 1.82. The summed E-state index contributed by atoms with van der Waals surface area (Å²) in [6.45, 7) is 4.78. The second-order valence-electron chi connectivity index (χ2n) is 5.24. The standard InChI is InChI=1S/C12H17BNO4/c1-3-15-10-4-5-11(14-6-10)13-16-7-12(2,8-17-13)9-18-13/h4-6H,3,7-9H2,1-2H3/q-1. The molecule has 0 aliphatic carbocycles. The Kier molecular flexibility index (Phi) is 2.81. The third-order valence-corrected chi connectivity index (χ3v) is 3.39. The Hall–Kier alpha value is -1.11. The fourth-order valence-corrected chi connectivity index (χ4v) is 2.31. The maximum atomic E-state index is 5.77. The number of ether oxygens (including phenoxy) is 1. The first-order chi connectivity index (χ1) is 8.66. The van der Waals surface area contributed by atoms with Crippen LogP contribution < -0.4 is 10.3 Å². The van der Waals surface area contributed by atoms with Crippen molar-refractivity contribution in [3.8, 4) is 5.75 Å². The van der Waals surface area contributed by atoms with E-state index < -0.39 is 6.75 Å². The first-order valence-electron chi connectivity index (χ1n) is 6.30. The molecule has 3 aliphatic heterocycles. The van der Waals surface area contributed by atoms with Gasteiger partial charge >= 0.3 is 6.75 Å². The maximum Gasteiger partial charge on any atom is 0.427 e. The third-order valence-electron chi connectivity index (χ3n) is 3.39. The highest BCUT2D eigenvalue weighted by molar-refractivity contribution is 6.74. The van der Waals surface area contributed by atoms with E-state index >= 15 is 0 Å². The Bertz CT molecular complexity index is 412. The summed E-state index contributed by atoms with van der Waals surface area (Å²) >= 11 is 0. The summed E-state index contributed by atoms with van der Waals surface area (Å²) in [7, 11) is 0. The molecule has 98 valence electrons. The number of rotatable bonds is 3. The Labute approximate surface area is 106 Å². The van der Waals surface area contributed by atoms with Gasteiger partial charge in [0, 0.05) is 25.2 Å².